The van der Waals surface area contributed by atoms with Crippen molar-refractivity contribution in [1.82, 2.24) is 0 Å². The first kappa shape index (κ1) is 13.4. The van der Waals surface area contributed by atoms with Gasteiger partial charge in [-0.15, -0.1) is 0 Å². The normalized spacial score (nSPS) is 24.1. The highest BCUT2D eigenvalue weighted by Crippen LogP contribution is 2.41. The monoisotopic (exact) mass is 267 g/mol. The molecule has 18 heavy (non-hydrogen) atoms. The predicted octanol–water partition coefficient (Wildman–Crippen LogP) is 3.35. The highest BCUT2D eigenvalue weighted by atomic mass is 32.2. The maximum absolute atomic E-state index is 11.1. The Morgan fingerprint density at radius 2 is 1.89 bits per heavy atom. The SMILES string of the molecule is CC[C@@H]1CCC[C@@H]1c1ccc(NS(C)(=O)=O)cc1. The molecular weight excluding hydrogens is 246 g/mol. The van der Waals surface area contributed by atoms with Gasteiger partial charge in [-0.3, -0.25) is 4.72 Å². The van der Waals surface area contributed by atoms with E-state index >= 15 is 0 Å². The summed E-state index contributed by atoms with van der Waals surface area (Å²) in [5, 5.41) is 0. The lowest BCUT2D eigenvalue weighted by Crippen LogP contribution is -2.10. The maximum atomic E-state index is 11.1. The smallest absolute Gasteiger partial charge is 0.229 e. The molecule has 1 aliphatic rings. The molecule has 1 aliphatic carbocycles. The number of hydrogen-bond donors (Lipinski definition) is 1. The van der Waals surface area contributed by atoms with Gasteiger partial charge in [0.05, 0.1) is 6.26 Å². The van der Waals surface area contributed by atoms with Crippen LogP contribution in [0, 0.1) is 5.92 Å². The van der Waals surface area contributed by atoms with Crippen LogP contribution in [-0.4, -0.2) is 14.7 Å². The Balaban J connectivity index is 2.12. The zero-order chi connectivity index (χ0) is 13.2. The van der Waals surface area contributed by atoms with E-state index in [9.17, 15) is 8.42 Å². The van der Waals surface area contributed by atoms with Gasteiger partial charge in [-0.05, 0) is 42.4 Å². The molecule has 0 saturated heterocycles. The molecule has 3 nitrogen and oxygen atoms in total. The zero-order valence-corrected chi connectivity index (χ0v) is 11.8. The van der Waals surface area contributed by atoms with Gasteiger partial charge in [0.2, 0.25) is 10.0 Å². The molecule has 0 heterocycles. The molecule has 100 valence electrons. The topological polar surface area (TPSA) is 46.2 Å². The van der Waals surface area contributed by atoms with E-state index in [1.54, 1.807) is 0 Å². The van der Waals surface area contributed by atoms with Crippen molar-refractivity contribution in [2.45, 2.75) is 38.5 Å². The summed E-state index contributed by atoms with van der Waals surface area (Å²) in [6.45, 7) is 2.25. The van der Waals surface area contributed by atoms with E-state index in [-0.39, 0.29) is 0 Å². The highest BCUT2D eigenvalue weighted by molar-refractivity contribution is 7.92. The van der Waals surface area contributed by atoms with Crippen LogP contribution in [0.2, 0.25) is 0 Å². The van der Waals surface area contributed by atoms with Crippen molar-refractivity contribution in [3.63, 3.8) is 0 Å². The van der Waals surface area contributed by atoms with Crippen LogP contribution in [0.15, 0.2) is 24.3 Å². The molecule has 2 atom stereocenters. The average molecular weight is 267 g/mol. The van der Waals surface area contributed by atoms with Crippen molar-refractivity contribution < 1.29 is 8.42 Å². The van der Waals surface area contributed by atoms with Gasteiger partial charge in [-0.1, -0.05) is 31.9 Å². The number of hydrogen-bond acceptors (Lipinski definition) is 2. The Bertz CT molecular complexity index is 493. The van der Waals surface area contributed by atoms with Crippen molar-refractivity contribution in [2.75, 3.05) is 11.0 Å². The van der Waals surface area contributed by atoms with Crippen LogP contribution in [-0.2, 0) is 10.0 Å². The van der Waals surface area contributed by atoms with E-state index in [1.165, 1.54) is 37.5 Å². The minimum Gasteiger partial charge on any atom is -0.284 e. The van der Waals surface area contributed by atoms with Crippen LogP contribution in [0.4, 0.5) is 5.69 Å². The zero-order valence-electron chi connectivity index (χ0n) is 11.0. The number of nitrogens with one attached hydrogen (secondary N) is 1. The Hall–Kier alpha value is -1.03. The van der Waals surface area contributed by atoms with Crippen molar-refractivity contribution in [3.05, 3.63) is 29.8 Å². The standard InChI is InChI=1S/C14H21NO2S/c1-3-11-5-4-6-14(11)12-7-9-13(10-8-12)15-18(2,16)17/h7-11,14-15H,3-6H2,1-2H3/t11-,14+/m1/s1. The van der Waals surface area contributed by atoms with E-state index in [1.807, 2.05) is 12.1 Å². The molecular formula is C14H21NO2S. The fourth-order valence-electron chi connectivity index (χ4n) is 2.98. The Morgan fingerprint density at radius 1 is 1.22 bits per heavy atom. The highest BCUT2D eigenvalue weighted by Gasteiger charge is 2.26. The van der Waals surface area contributed by atoms with Gasteiger partial charge in [-0.2, -0.15) is 0 Å². The van der Waals surface area contributed by atoms with Crippen molar-refractivity contribution in [3.8, 4) is 0 Å². The lowest BCUT2D eigenvalue weighted by Gasteiger charge is -2.18. The van der Waals surface area contributed by atoms with Crippen molar-refractivity contribution in [1.29, 1.82) is 0 Å². The predicted molar refractivity (Wildman–Crippen MR) is 75.3 cm³/mol. The number of sulfonamides is 1. The quantitative estimate of drug-likeness (QED) is 0.909. The number of benzene rings is 1. The Morgan fingerprint density at radius 3 is 2.44 bits per heavy atom. The average Bonchev–Trinajstić information content (AvgIpc) is 2.76. The van der Waals surface area contributed by atoms with Crippen LogP contribution in [0.1, 0.15) is 44.1 Å². The Labute approximate surface area is 110 Å². The van der Waals surface area contributed by atoms with E-state index in [2.05, 4.69) is 23.8 Å². The van der Waals surface area contributed by atoms with Crippen LogP contribution in [0.25, 0.3) is 0 Å². The van der Waals surface area contributed by atoms with Crippen LogP contribution in [0.5, 0.6) is 0 Å². The van der Waals surface area contributed by atoms with Gasteiger partial charge in [0, 0.05) is 5.69 Å². The first-order valence-corrected chi connectivity index (χ1v) is 8.46. The third-order valence-electron chi connectivity index (χ3n) is 3.83. The second kappa shape index (κ2) is 5.31. The molecule has 1 saturated carbocycles. The molecule has 0 radical (unpaired) electrons. The van der Waals surface area contributed by atoms with Gasteiger partial charge in [-0.25, -0.2) is 8.42 Å². The largest absolute Gasteiger partial charge is 0.284 e. The van der Waals surface area contributed by atoms with Gasteiger partial charge in [0.15, 0.2) is 0 Å². The second-order valence-electron chi connectivity index (χ2n) is 5.20. The summed E-state index contributed by atoms with van der Waals surface area (Å²) in [5.41, 5.74) is 1.99. The lowest BCUT2D eigenvalue weighted by atomic mass is 9.87. The van der Waals surface area contributed by atoms with E-state index in [0.29, 0.717) is 11.6 Å². The molecule has 0 unspecified atom stereocenters. The molecule has 1 aromatic rings. The molecule has 0 aliphatic heterocycles. The van der Waals surface area contributed by atoms with E-state index < -0.39 is 10.0 Å². The first-order valence-electron chi connectivity index (χ1n) is 6.57. The molecule has 0 amide bonds. The molecule has 1 aromatic carbocycles. The van der Waals surface area contributed by atoms with Crippen molar-refractivity contribution in [2.24, 2.45) is 5.92 Å². The summed E-state index contributed by atoms with van der Waals surface area (Å²) >= 11 is 0. The lowest BCUT2D eigenvalue weighted by molar-refractivity contribution is 0.470. The molecule has 0 aromatic heterocycles. The second-order valence-corrected chi connectivity index (χ2v) is 6.95. The fraction of sp³-hybridized carbons (Fsp3) is 0.571. The summed E-state index contributed by atoms with van der Waals surface area (Å²) < 4.78 is 24.8. The summed E-state index contributed by atoms with van der Waals surface area (Å²) in [7, 11) is -3.17. The van der Waals surface area contributed by atoms with Crippen LogP contribution >= 0.6 is 0 Å². The first-order chi connectivity index (χ1) is 8.49. The minimum atomic E-state index is -3.17. The molecule has 1 fully saturated rings. The van der Waals surface area contributed by atoms with E-state index in [0.717, 1.165) is 5.92 Å². The number of anilines is 1. The molecule has 2 rings (SSSR count). The third-order valence-corrected chi connectivity index (χ3v) is 4.43. The van der Waals surface area contributed by atoms with Crippen LogP contribution in [0.3, 0.4) is 0 Å². The Kier molecular flexibility index (Phi) is 3.95. The van der Waals surface area contributed by atoms with Gasteiger partial charge >= 0.3 is 0 Å². The van der Waals surface area contributed by atoms with E-state index in [4.69, 9.17) is 0 Å². The maximum Gasteiger partial charge on any atom is 0.229 e. The summed E-state index contributed by atoms with van der Waals surface area (Å²) in [4.78, 5) is 0. The molecule has 0 spiro atoms. The molecule has 0 bridgehead atoms. The molecule has 1 N–H and O–H groups in total. The summed E-state index contributed by atoms with van der Waals surface area (Å²) in [6, 6.07) is 7.85. The minimum absolute atomic E-state index is 0.646. The fourth-order valence-corrected chi connectivity index (χ4v) is 3.54. The molecule has 4 heteroatoms. The van der Waals surface area contributed by atoms with Gasteiger partial charge < -0.3 is 0 Å². The van der Waals surface area contributed by atoms with Gasteiger partial charge in [0.25, 0.3) is 0 Å². The number of rotatable bonds is 4. The summed E-state index contributed by atoms with van der Waals surface area (Å²) in [6.07, 6.45) is 6.30. The summed E-state index contributed by atoms with van der Waals surface area (Å²) in [5.74, 6) is 1.45. The van der Waals surface area contributed by atoms with Crippen LogP contribution < -0.4 is 4.72 Å². The third kappa shape index (κ3) is 3.25. The van der Waals surface area contributed by atoms with Crippen molar-refractivity contribution >= 4 is 15.7 Å². The van der Waals surface area contributed by atoms with Gasteiger partial charge in [0.1, 0.15) is 0 Å².